The summed E-state index contributed by atoms with van der Waals surface area (Å²) in [6.07, 6.45) is 0. The molecule has 1 aromatic carbocycles. The number of primary sulfonamides is 1. The number of halogens is 1. The van der Waals surface area contributed by atoms with Crippen LogP contribution in [0.3, 0.4) is 0 Å². The average Bonchev–Trinajstić information content (AvgIpc) is 2.27. The minimum Gasteiger partial charge on any atom is -0.383 e. The fourth-order valence-electron chi connectivity index (χ4n) is 1.46. The zero-order chi connectivity index (χ0) is 14.6. The molecule has 19 heavy (non-hydrogen) atoms. The zero-order valence-corrected chi connectivity index (χ0v) is 11.3. The van der Waals surface area contributed by atoms with E-state index in [4.69, 9.17) is 9.88 Å². The van der Waals surface area contributed by atoms with E-state index in [1.807, 2.05) is 0 Å². The molecule has 0 aliphatic heterocycles. The summed E-state index contributed by atoms with van der Waals surface area (Å²) in [4.78, 5) is 11.1. The smallest absolute Gasteiger partial charge is 0.251 e. The number of hydrogen-bond donors (Lipinski definition) is 2. The first-order valence-electron chi connectivity index (χ1n) is 5.38. The second-order valence-electron chi connectivity index (χ2n) is 4.02. The molecule has 3 N–H and O–H groups in total. The minimum absolute atomic E-state index is 0.00776. The molecule has 1 unspecified atom stereocenters. The van der Waals surface area contributed by atoms with Gasteiger partial charge in [0.1, 0.15) is 10.7 Å². The number of ether oxygens (including phenoxy) is 1. The number of nitrogens with two attached hydrogens (primary N) is 1. The molecule has 8 heteroatoms. The summed E-state index contributed by atoms with van der Waals surface area (Å²) < 4.78 is 40.4. The Hall–Kier alpha value is -1.51. The molecule has 1 rings (SSSR count). The number of methoxy groups -OCH3 is 1. The lowest BCUT2D eigenvalue weighted by molar-refractivity contribution is 0.0905. The Balaban J connectivity index is 3.00. The van der Waals surface area contributed by atoms with Gasteiger partial charge in [-0.05, 0) is 25.1 Å². The van der Waals surface area contributed by atoms with Crippen molar-refractivity contribution in [3.63, 3.8) is 0 Å². The third-order valence-corrected chi connectivity index (χ3v) is 3.22. The van der Waals surface area contributed by atoms with Gasteiger partial charge in [-0.2, -0.15) is 0 Å². The molecule has 106 valence electrons. The second kappa shape index (κ2) is 6.09. The summed E-state index contributed by atoms with van der Waals surface area (Å²) >= 11 is 0. The van der Waals surface area contributed by atoms with Crippen molar-refractivity contribution in [1.29, 1.82) is 0 Å². The summed E-state index contributed by atoms with van der Waals surface area (Å²) in [5, 5.41) is 7.43. The zero-order valence-electron chi connectivity index (χ0n) is 10.5. The molecule has 6 nitrogen and oxygen atoms in total. The Morgan fingerprint density at radius 1 is 1.53 bits per heavy atom. The number of nitrogens with one attached hydrogen (secondary N) is 1. The van der Waals surface area contributed by atoms with Crippen LogP contribution in [-0.2, 0) is 14.8 Å². The van der Waals surface area contributed by atoms with E-state index in [-0.39, 0.29) is 11.6 Å². The second-order valence-corrected chi connectivity index (χ2v) is 5.55. The quantitative estimate of drug-likeness (QED) is 0.811. The van der Waals surface area contributed by atoms with Crippen LogP contribution in [0.5, 0.6) is 0 Å². The van der Waals surface area contributed by atoms with Crippen molar-refractivity contribution in [3.05, 3.63) is 29.6 Å². The Bertz CT molecular complexity index is 574. The van der Waals surface area contributed by atoms with Crippen molar-refractivity contribution in [3.8, 4) is 0 Å². The lowest BCUT2D eigenvalue weighted by Gasteiger charge is -2.13. The molecular weight excluding hydrogens is 275 g/mol. The van der Waals surface area contributed by atoms with Crippen LogP contribution >= 0.6 is 0 Å². The van der Waals surface area contributed by atoms with Crippen molar-refractivity contribution in [2.24, 2.45) is 5.14 Å². The van der Waals surface area contributed by atoms with Crippen LogP contribution in [0.1, 0.15) is 17.3 Å². The Morgan fingerprint density at radius 3 is 2.68 bits per heavy atom. The predicted octanol–water partition coefficient (Wildman–Crippen LogP) is 0.238. The summed E-state index contributed by atoms with van der Waals surface area (Å²) in [6, 6.07) is 2.70. The molecule has 0 spiro atoms. The molecule has 0 fully saturated rings. The fourth-order valence-corrected chi connectivity index (χ4v) is 2.09. The van der Waals surface area contributed by atoms with Crippen molar-refractivity contribution in [2.75, 3.05) is 13.7 Å². The van der Waals surface area contributed by atoms with Crippen LogP contribution in [-0.4, -0.2) is 34.1 Å². The number of carbonyl (C=O) groups is 1. The van der Waals surface area contributed by atoms with Gasteiger partial charge in [0.15, 0.2) is 0 Å². The van der Waals surface area contributed by atoms with Crippen LogP contribution in [0, 0.1) is 5.82 Å². The highest BCUT2D eigenvalue weighted by atomic mass is 32.2. The molecule has 1 amide bonds. The summed E-state index contributed by atoms with van der Waals surface area (Å²) in [7, 11) is -2.72. The molecule has 0 aliphatic carbocycles. The molecule has 0 aromatic heterocycles. The highest BCUT2D eigenvalue weighted by Crippen LogP contribution is 2.15. The van der Waals surface area contributed by atoms with Crippen LogP contribution in [0.25, 0.3) is 0 Å². The summed E-state index contributed by atoms with van der Waals surface area (Å²) in [5.41, 5.74) is 0.00776. The number of carbonyl (C=O) groups excluding carboxylic acids is 1. The largest absolute Gasteiger partial charge is 0.383 e. The molecule has 0 aliphatic rings. The third-order valence-electron chi connectivity index (χ3n) is 2.29. The van der Waals surface area contributed by atoms with E-state index >= 15 is 0 Å². The number of amides is 1. The Morgan fingerprint density at radius 2 is 2.16 bits per heavy atom. The first-order chi connectivity index (χ1) is 8.75. The molecule has 1 aromatic rings. The first kappa shape index (κ1) is 15.5. The van der Waals surface area contributed by atoms with Gasteiger partial charge in [0.05, 0.1) is 6.61 Å². The van der Waals surface area contributed by atoms with Gasteiger partial charge in [0.25, 0.3) is 5.91 Å². The van der Waals surface area contributed by atoms with Gasteiger partial charge in [-0.3, -0.25) is 4.79 Å². The normalized spacial score (nSPS) is 13.1. The van der Waals surface area contributed by atoms with E-state index in [2.05, 4.69) is 5.32 Å². The van der Waals surface area contributed by atoms with Crippen LogP contribution < -0.4 is 10.5 Å². The Labute approximate surface area is 110 Å². The van der Waals surface area contributed by atoms with Crippen molar-refractivity contribution in [2.45, 2.75) is 17.9 Å². The summed E-state index contributed by atoms with van der Waals surface area (Å²) in [5.74, 6) is -1.53. The maximum absolute atomic E-state index is 13.3. The number of rotatable bonds is 5. The maximum atomic E-state index is 13.3. The van der Waals surface area contributed by atoms with Crippen LogP contribution in [0.4, 0.5) is 4.39 Å². The van der Waals surface area contributed by atoms with Gasteiger partial charge in [-0.1, -0.05) is 0 Å². The van der Waals surface area contributed by atoms with Crippen LogP contribution in [0.15, 0.2) is 23.1 Å². The van der Waals surface area contributed by atoms with Gasteiger partial charge in [0.2, 0.25) is 10.0 Å². The fraction of sp³-hybridized carbons (Fsp3) is 0.364. The van der Waals surface area contributed by atoms with Crippen molar-refractivity contribution >= 4 is 15.9 Å². The monoisotopic (exact) mass is 290 g/mol. The number of benzene rings is 1. The topological polar surface area (TPSA) is 98.5 Å². The highest BCUT2D eigenvalue weighted by Gasteiger charge is 2.18. The molecular formula is C11H15FN2O4S. The van der Waals surface area contributed by atoms with E-state index in [1.165, 1.54) is 13.2 Å². The Kier molecular flexibility index (Phi) is 4.98. The molecule has 0 radical (unpaired) electrons. The number of sulfonamides is 1. The minimum atomic E-state index is -4.21. The molecule has 0 saturated heterocycles. The van der Waals surface area contributed by atoms with Crippen LogP contribution in [0.2, 0.25) is 0 Å². The van der Waals surface area contributed by atoms with Gasteiger partial charge < -0.3 is 10.1 Å². The standard InChI is InChI=1S/C11H15FN2O4S/c1-7(6-18-2)14-11(15)8-3-4-9(12)10(5-8)19(13,16)17/h3-5,7H,6H2,1-2H3,(H,14,15)(H2,13,16,17). The number of hydrogen-bond acceptors (Lipinski definition) is 4. The van der Waals surface area contributed by atoms with Crippen molar-refractivity contribution < 1.29 is 22.3 Å². The lowest BCUT2D eigenvalue weighted by Crippen LogP contribution is -2.35. The predicted molar refractivity (Wildman–Crippen MR) is 66.6 cm³/mol. The first-order valence-corrected chi connectivity index (χ1v) is 6.92. The van der Waals surface area contributed by atoms with E-state index in [0.29, 0.717) is 6.61 Å². The van der Waals surface area contributed by atoms with Gasteiger partial charge >= 0.3 is 0 Å². The SMILES string of the molecule is COCC(C)NC(=O)c1ccc(F)c(S(N)(=O)=O)c1. The average molecular weight is 290 g/mol. The molecule has 1 atom stereocenters. The van der Waals surface area contributed by atoms with Gasteiger partial charge in [-0.25, -0.2) is 17.9 Å². The molecule has 0 saturated carbocycles. The molecule has 0 bridgehead atoms. The molecule has 0 heterocycles. The maximum Gasteiger partial charge on any atom is 0.251 e. The van der Waals surface area contributed by atoms with Gasteiger partial charge in [0, 0.05) is 18.7 Å². The summed E-state index contributed by atoms with van der Waals surface area (Å²) in [6.45, 7) is 2.01. The van der Waals surface area contributed by atoms with E-state index in [9.17, 15) is 17.6 Å². The van der Waals surface area contributed by atoms with E-state index in [0.717, 1.165) is 12.1 Å². The highest BCUT2D eigenvalue weighted by molar-refractivity contribution is 7.89. The third kappa shape index (κ3) is 4.27. The van der Waals surface area contributed by atoms with Gasteiger partial charge in [-0.15, -0.1) is 0 Å². The lowest BCUT2D eigenvalue weighted by atomic mass is 10.2. The van der Waals surface area contributed by atoms with E-state index in [1.54, 1.807) is 6.92 Å². The van der Waals surface area contributed by atoms with E-state index < -0.39 is 26.6 Å². The van der Waals surface area contributed by atoms with Crippen molar-refractivity contribution in [1.82, 2.24) is 5.32 Å².